The highest BCUT2D eigenvalue weighted by molar-refractivity contribution is 5.93. The van der Waals surface area contributed by atoms with Crippen LogP contribution in [0.4, 0.5) is 5.69 Å². The van der Waals surface area contributed by atoms with Gasteiger partial charge in [-0.3, -0.25) is 4.79 Å². The fourth-order valence-corrected chi connectivity index (χ4v) is 1.99. The smallest absolute Gasteiger partial charge is 0.319 e. The third-order valence-electron chi connectivity index (χ3n) is 3.08. The topological polar surface area (TPSA) is 99.4 Å². The van der Waals surface area contributed by atoms with Crippen LogP contribution in [0.3, 0.4) is 0 Å². The Kier molecular flexibility index (Phi) is 5.51. The molecule has 0 saturated carbocycles. The van der Waals surface area contributed by atoms with Crippen LogP contribution in [0, 0.1) is 13.8 Å². The molecule has 0 aliphatic heterocycles. The molecule has 0 radical (unpaired) electrons. The average molecular weight is 320 g/mol. The van der Waals surface area contributed by atoms with Gasteiger partial charge in [0.1, 0.15) is 11.4 Å². The van der Waals surface area contributed by atoms with Crippen LogP contribution in [0.2, 0.25) is 0 Å². The second-order valence-corrected chi connectivity index (χ2v) is 4.77. The van der Waals surface area contributed by atoms with Gasteiger partial charge in [-0.1, -0.05) is 5.16 Å². The van der Waals surface area contributed by atoms with Gasteiger partial charge in [-0.25, -0.2) is 4.98 Å². The molecule has 2 rings (SSSR count). The van der Waals surface area contributed by atoms with E-state index in [4.69, 9.17) is 14.0 Å². The van der Waals surface area contributed by atoms with Crippen molar-refractivity contribution in [2.24, 2.45) is 0 Å². The van der Waals surface area contributed by atoms with Gasteiger partial charge in [-0.15, -0.1) is 0 Å². The van der Waals surface area contributed by atoms with E-state index < -0.39 is 0 Å². The zero-order valence-corrected chi connectivity index (χ0v) is 13.7. The summed E-state index contributed by atoms with van der Waals surface area (Å²) in [6.07, 6.45) is 1.62. The molecule has 1 amide bonds. The second-order valence-electron chi connectivity index (χ2n) is 4.77. The molecule has 0 atom stereocenters. The third-order valence-corrected chi connectivity index (χ3v) is 3.08. The van der Waals surface area contributed by atoms with Crippen LogP contribution in [-0.2, 0) is 11.2 Å². The molecule has 2 aromatic heterocycles. The number of aromatic nitrogens is 3. The Morgan fingerprint density at radius 3 is 2.61 bits per heavy atom. The number of carbonyl (C=O) groups is 1. The average Bonchev–Trinajstić information content (AvgIpc) is 2.82. The molecule has 124 valence electrons. The number of carbonyl (C=O) groups excluding carboxylic acids is 1. The Balaban J connectivity index is 2.13. The van der Waals surface area contributed by atoms with Crippen molar-refractivity contribution >= 4 is 11.6 Å². The first-order chi connectivity index (χ1) is 11.0. The van der Waals surface area contributed by atoms with Gasteiger partial charge in [-0.05, 0) is 27.7 Å². The maximum absolute atomic E-state index is 12.2. The van der Waals surface area contributed by atoms with Crippen LogP contribution in [0.5, 0.6) is 11.9 Å². The maximum atomic E-state index is 12.2. The Bertz CT molecular complexity index is 665. The number of nitrogens with zero attached hydrogens (tertiary/aromatic N) is 3. The molecular formula is C15H20N4O4. The van der Waals surface area contributed by atoms with Gasteiger partial charge in [0.15, 0.2) is 0 Å². The van der Waals surface area contributed by atoms with Gasteiger partial charge in [0.25, 0.3) is 0 Å². The molecule has 1 N–H and O–H groups in total. The van der Waals surface area contributed by atoms with E-state index in [-0.39, 0.29) is 24.2 Å². The van der Waals surface area contributed by atoms with Crippen LogP contribution >= 0.6 is 0 Å². The molecule has 0 bridgehead atoms. The van der Waals surface area contributed by atoms with Crippen LogP contribution in [-0.4, -0.2) is 34.2 Å². The molecular weight excluding hydrogens is 300 g/mol. The summed E-state index contributed by atoms with van der Waals surface area (Å²) in [5.41, 5.74) is 1.87. The number of aryl methyl sites for hydroxylation is 2. The lowest BCUT2D eigenvalue weighted by Crippen LogP contribution is -2.17. The minimum Gasteiger partial charge on any atom is -0.476 e. The molecule has 2 heterocycles. The fraction of sp³-hybridized carbons (Fsp3) is 0.467. The van der Waals surface area contributed by atoms with Gasteiger partial charge in [0.2, 0.25) is 11.8 Å². The highest BCUT2D eigenvalue weighted by Crippen LogP contribution is 2.24. The minimum absolute atomic E-state index is 0.153. The summed E-state index contributed by atoms with van der Waals surface area (Å²) in [5.74, 6) is 0.678. The predicted octanol–water partition coefficient (Wildman–Crippen LogP) is 2.06. The lowest BCUT2D eigenvalue weighted by molar-refractivity contribution is -0.115. The second kappa shape index (κ2) is 7.57. The predicted molar refractivity (Wildman–Crippen MR) is 82.7 cm³/mol. The lowest BCUT2D eigenvalue weighted by Gasteiger charge is -2.11. The van der Waals surface area contributed by atoms with Crippen molar-refractivity contribution in [3.8, 4) is 11.9 Å². The SMILES string of the molecule is CCOc1ncc(NC(=O)Cc2c(C)noc2C)c(OCC)n1. The fourth-order valence-electron chi connectivity index (χ4n) is 1.99. The first kappa shape index (κ1) is 16.7. The molecule has 0 fully saturated rings. The molecule has 0 aliphatic carbocycles. The monoisotopic (exact) mass is 320 g/mol. The summed E-state index contributed by atoms with van der Waals surface area (Å²) in [6.45, 7) is 8.10. The molecule has 0 spiro atoms. The van der Waals surface area contributed by atoms with Crippen molar-refractivity contribution < 1.29 is 18.8 Å². The largest absolute Gasteiger partial charge is 0.476 e. The van der Waals surface area contributed by atoms with Crippen molar-refractivity contribution in [1.29, 1.82) is 0 Å². The van der Waals surface area contributed by atoms with Gasteiger partial charge >= 0.3 is 6.01 Å². The zero-order valence-electron chi connectivity index (χ0n) is 13.7. The molecule has 0 unspecified atom stereocenters. The molecule has 0 aliphatic rings. The highest BCUT2D eigenvalue weighted by Gasteiger charge is 2.16. The number of anilines is 1. The summed E-state index contributed by atoms with van der Waals surface area (Å²) in [4.78, 5) is 20.4. The number of hydrogen-bond acceptors (Lipinski definition) is 7. The van der Waals surface area contributed by atoms with E-state index in [1.165, 1.54) is 6.20 Å². The minimum atomic E-state index is -0.229. The number of ether oxygens (including phenoxy) is 2. The summed E-state index contributed by atoms with van der Waals surface area (Å²) in [7, 11) is 0. The Morgan fingerprint density at radius 1 is 1.26 bits per heavy atom. The third kappa shape index (κ3) is 4.18. The normalized spacial score (nSPS) is 10.4. The maximum Gasteiger partial charge on any atom is 0.319 e. The van der Waals surface area contributed by atoms with Gasteiger partial charge in [0, 0.05) is 5.56 Å². The Labute approximate surface area is 134 Å². The van der Waals surface area contributed by atoms with E-state index >= 15 is 0 Å². The summed E-state index contributed by atoms with van der Waals surface area (Å²) in [6, 6.07) is 0.208. The van der Waals surface area contributed by atoms with Crippen molar-refractivity contribution in [2.75, 3.05) is 18.5 Å². The standard InChI is InChI=1S/C15H20N4O4/c1-5-21-14-12(8-16-15(18-14)22-6-2)17-13(20)7-11-9(3)19-23-10(11)4/h8H,5-7H2,1-4H3,(H,17,20). The van der Waals surface area contributed by atoms with Gasteiger partial charge in [0.05, 0.1) is 31.5 Å². The van der Waals surface area contributed by atoms with Crippen LogP contribution in [0.15, 0.2) is 10.7 Å². The van der Waals surface area contributed by atoms with Gasteiger partial charge in [-0.2, -0.15) is 4.98 Å². The molecule has 0 aromatic carbocycles. The van der Waals surface area contributed by atoms with E-state index in [2.05, 4.69) is 20.4 Å². The van der Waals surface area contributed by atoms with Crippen molar-refractivity contribution in [2.45, 2.75) is 34.1 Å². The summed E-state index contributed by atoms with van der Waals surface area (Å²) >= 11 is 0. The quantitative estimate of drug-likeness (QED) is 0.833. The van der Waals surface area contributed by atoms with E-state index in [0.717, 1.165) is 5.56 Å². The van der Waals surface area contributed by atoms with Crippen LogP contribution < -0.4 is 14.8 Å². The molecule has 8 heteroatoms. The van der Waals surface area contributed by atoms with Gasteiger partial charge < -0.3 is 19.3 Å². The first-order valence-corrected chi connectivity index (χ1v) is 7.39. The number of amides is 1. The highest BCUT2D eigenvalue weighted by atomic mass is 16.5. The van der Waals surface area contributed by atoms with Crippen molar-refractivity contribution in [1.82, 2.24) is 15.1 Å². The lowest BCUT2D eigenvalue weighted by atomic mass is 10.1. The summed E-state index contributed by atoms with van der Waals surface area (Å²) < 4.78 is 15.7. The first-order valence-electron chi connectivity index (χ1n) is 7.39. The van der Waals surface area contributed by atoms with E-state index in [1.54, 1.807) is 13.8 Å². The van der Waals surface area contributed by atoms with Crippen molar-refractivity contribution in [3.63, 3.8) is 0 Å². The Hall–Kier alpha value is -2.64. The summed E-state index contributed by atoms with van der Waals surface area (Å²) in [5, 5.41) is 6.58. The van der Waals surface area contributed by atoms with Crippen LogP contribution in [0.25, 0.3) is 0 Å². The van der Waals surface area contributed by atoms with E-state index in [0.29, 0.717) is 30.4 Å². The molecule has 23 heavy (non-hydrogen) atoms. The molecule has 2 aromatic rings. The molecule has 0 saturated heterocycles. The Morgan fingerprint density at radius 2 is 2.00 bits per heavy atom. The van der Waals surface area contributed by atoms with E-state index in [9.17, 15) is 4.79 Å². The zero-order chi connectivity index (χ0) is 16.8. The number of nitrogens with one attached hydrogen (secondary N) is 1. The van der Waals surface area contributed by atoms with Crippen LogP contribution in [0.1, 0.15) is 30.9 Å². The van der Waals surface area contributed by atoms with E-state index in [1.807, 2.05) is 13.8 Å². The number of hydrogen-bond donors (Lipinski definition) is 1. The van der Waals surface area contributed by atoms with Crippen molar-refractivity contribution in [3.05, 3.63) is 23.2 Å². The molecule has 8 nitrogen and oxygen atoms in total. The number of rotatable bonds is 7.